The lowest BCUT2D eigenvalue weighted by Crippen LogP contribution is -2.33. The van der Waals surface area contributed by atoms with Gasteiger partial charge >= 0.3 is 6.72 Å². The molecular formula is C13H16N5O4PS. The second-order valence-corrected chi connectivity index (χ2v) is 8.52. The highest BCUT2D eigenvalue weighted by molar-refractivity contribution is 8.07. The maximum absolute atomic E-state index is 6.02. The average molecular weight is 369 g/mol. The van der Waals surface area contributed by atoms with Crippen LogP contribution in [0.2, 0.25) is 0 Å². The highest BCUT2D eigenvalue weighted by Crippen LogP contribution is 2.58. The number of fused-ring (bicyclic) bond motifs is 2. The van der Waals surface area contributed by atoms with E-state index < -0.39 is 6.72 Å². The fourth-order valence-corrected chi connectivity index (χ4v) is 5.13. The summed E-state index contributed by atoms with van der Waals surface area (Å²) in [5.74, 6) is 0.805. The molecule has 2 N–H and O–H groups in total. The Balaban J connectivity index is 1.57. The van der Waals surface area contributed by atoms with E-state index in [0.29, 0.717) is 35.8 Å². The predicted molar refractivity (Wildman–Crippen MR) is 89.3 cm³/mol. The van der Waals surface area contributed by atoms with Crippen LogP contribution in [0.25, 0.3) is 11.2 Å². The monoisotopic (exact) mass is 369 g/mol. The number of imidazole rings is 1. The first-order valence-electron chi connectivity index (χ1n) is 7.32. The second kappa shape index (κ2) is 5.75. The van der Waals surface area contributed by atoms with Crippen molar-refractivity contribution in [1.29, 1.82) is 0 Å². The van der Waals surface area contributed by atoms with Gasteiger partial charge in [-0.1, -0.05) is 6.58 Å². The van der Waals surface area contributed by atoms with Gasteiger partial charge in [0.1, 0.15) is 30.3 Å². The Bertz CT molecular complexity index is 858. The number of nitrogens with zero attached hydrogens (tertiary/aromatic N) is 4. The fraction of sp³-hybridized carbons (Fsp3) is 0.462. The van der Waals surface area contributed by atoms with Gasteiger partial charge in [-0.25, -0.2) is 15.0 Å². The molecule has 0 radical (unpaired) electrons. The van der Waals surface area contributed by atoms with E-state index >= 15 is 0 Å². The Hall–Kier alpha value is -1.58. The second-order valence-electron chi connectivity index (χ2n) is 5.63. The summed E-state index contributed by atoms with van der Waals surface area (Å²) in [5, 5.41) is 0. The van der Waals surface area contributed by atoms with Crippen LogP contribution >= 0.6 is 6.72 Å². The number of nitrogen functional groups attached to an aromatic ring is 1. The first kappa shape index (κ1) is 15.9. The predicted octanol–water partition coefficient (Wildman–Crippen LogP) is 1.89. The summed E-state index contributed by atoms with van der Waals surface area (Å²) in [7, 11) is 0. The molecule has 2 aromatic rings. The number of aromatic nitrogens is 4. The number of allylic oxidation sites excluding steroid dienone is 1. The van der Waals surface area contributed by atoms with Crippen molar-refractivity contribution >= 4 is 35.5 Å². The molecule has 2 fully saturated rings. The van der Waals surface area contributed by atoms with Crippen molar-refractivity contribution < 1.29 is 18.3 Å². The van der Waals surface area contributed by atoms with Crippen molar-refractivity contribution in [3.63, 3.8) is 0 Å². The van der Waals surface area contributed by atoms with Gasteiger partial charge < -0.3 is 15.0 Å². The van der Waals surface area contributed by atoms with Crippen LogP contribution in [-0.2, 0) is 30.1 Å². The van der Waals surface area contributed by atoms with E-state index in [9.17, 15) is 0 Å². The molecule has 2 aliphatic rings. The first-order chi connectivity index (χ1) is 11.5. The molecule has 2 aromatic heterocycles. The Morgan fingerprint density at radius 2 is 2.29 bits per heavy atom. The summed E-state index contributed by atoms with van der Waals surface area (Å²) in [5.41, 5.74) is 6.98. The zero-order valence-electron chi connectivity index (χ0n) is 12.9. The molecule has 128 valence electrons. The van der Waals surface area contributed by atoms with Gasteiger partial charge in [-0.15, -0.1) is 0 Å². The Kier molecular flexibility index (Phi) is 3.81. The highest BCUT2D eigenvalue weighted by Gasteiger charge is 2.46. The zero-order chi connectivity index (χ0) is 16.9. The van der Waals surface area contributed by atoms with Gasteiger partial charge in [0.05, 0.1) is 18.7 Å². The lowest BCUT2D eigenvalue weighted by atomic mass is 10.2. The molecule has 4 heterocycles. The van der Waals surface area contributed by atoms with Crippen LogP contribution in [0.3, 0.4) is 0 Å². The summed E-state index contributed by atoms with van der Waals surface area (Å²) >= 11 is 5.36. The van der Waals surface area contributed by atoms with E-state index in [4.69, 9.17) is 35.8 Å². The molecule has 0 aliphatic carbocycles. The third-order valence-electron chi connectivity index (χ3n) is 3.81. The highest BCUT2D eigenvalue weighted by atomic mass is 32.5. The van der Waals surface area contributed by atoms with E-state index in [1.165, 1.54) is 6.33 Å². The van der Waals surface area contributed by atoms with Crippen molar-refractivity contribution in [1.82, 2.24) is 19.5 Å². The molecule has 0 aromatic carbocycles. The van der Waals surface area contributed by atoms with Crippen LogP contribution < -0.4 is 5.73 Å². The Morgan fingerprint density at radius 1 is 1.46 bits per heavy atom. The topological polar surface area (TPSA) is 107 Å². The molecule has 24 heavy (non-hydrogen) atoms. The fourth-order valence-electron chi connectivity index (χ4n) is 2.81. The molecule has 0 saturated carbocycles. The molecule has 4 atom stereocenters. The lowest BCUT2D eigenvalue weighted by Gasteiger charge is -2.32. The van der Waals surface area contributed by atoms with Crippen molar-refractivity contribution in [2.45, 2.75) is 31.8 Å². The largest absolute Gasteiger partial charge is 0.430 e. The minimum atomic E-state index is -2.82. The van der Waals surface area contributed by atoms with Gasteiger partial charge in [0.2, 0.25) is 0 Å². The Labute approximate surface area is 143 Å². The van der Waals surface area contributed by atoms with Crippen LogP contribution in [0.4, 0.5) is 5.82 Å². The smallest absolute Gasteiger partial charge is 0.380 e. The summed E-state index contributed by atoms with van der Waals surface area (Å²) in [4.78, 5) is 12.4. The Morgan fingerprint density at radius 3 is 3.08 bits per heavy atom. The van der Waals surface area contributed by atoms with E-state index in [2.05, 4.69) is 21.5 Å². The molecule has 2 unspecified atom stereocenters. The number of hydrogen-bond acceptors (Lipinski definition) is 9. The molecule has 2 saturated heterocycles. The maximum atomic E-state index is 6.02. The number of ether oxygens (including phenoxy) is 1. The average Bonchev–Trinajstić information content (AvgIpc) is 3.09. The maximum Gasteiger partial charge on any atom is 0.380 e. The minimum absolute atomic E-state index is 0.217. The third kappa shape index (κ3) is 2.70. The third-order valence-corrected chi connectivity index (χ3v) is 6.13. The van der Waals surface area contributed by atoms with Gasteiger partial charge in [-0.05, 0) is 6.92 Å². The molecule has 0 bridgehead atoms. The van der Waals surface area contributed by atoms with Crippen LogP contribution in [0.15, 0.2) is 25.0 Å². The van der Waals surface area contributed by atoms with E-state index in [1.807, 2.05) is 4.57 Å². The van der Waals surface area contributed by atoms with Gasteiger partial charge in [0.25, 0.3) is 0 Å². The van der Waals surface area contributed by atoms with Crippen molar-refractivity contribution in [2.75, 3.05) is 12.3 Å². The van der Waals surface area contributed by atoms with Crippen molar-refractivity contribution in [3.8, 4) is 0 Å². The van der Waals surface area contributed by atoms with Crippen LogP contribution in [0, 0.1) is 0 Å². The number of anilines is 1. The number of nitrogens with two attached hydrogens (primary N) is 1. The molecule has 4 rings (SSSR count). The molecule has 0 spiro atoms. The summed E-state index contributed by atoms with van der Waals surface area (Å²) < 4.78 is 24.8. The first-order valence-corrected chi connectivity index (χ1v) is 9.87. The van der Waals surface area contributed by atoms with Crippen LogP contribution in [0.1, 0.15) is 19.6 Å². The molecule has 0 amide bonds. The van der Waals surface area contributed by atoms with E-state index in [0.717, 1.165) is 0 Å². The van der Waals surface area contributed by atoms with Crippen molar-refractivity contribution in [3.05, 3.63) is 25.0 Å². The van der Waals surface area contributed by atoms with Crippen LogP contribution in [-0.4, -0.2) is 38.3 Å². The summed E-state index contributed by atoms with van der Waals surface area (Å²) in [6.07, 6.45) is 2.88. The van der Waals surface area contributed by atoms with Gasteiger partial charge in [0.15, 0.2) is 11.5 Å². The lowest BCUT2D eigenvalue weighted by molar-refractivity contribution is -0.0589. The van der Waals surface area contributed by atoms with Gasteiger partial charge in [-0.2, -0.15) is 0 Å². The van der Waals surface area contributed by atoms with Gasteiger partial charge in [-0.3, -0.25) is 13.6 Å². The summed E-state index contributed by atoms with van der Waals surface area (Å²) in [6, 6.07) is 0. The zero-order valence-corrected chi connectivity index (χ0v) is 14.6. The van der Waals surface area contributed by atoms with Crippen molar-refractivity contribution in [2.24, 2.45) is 0 Å². The molecule has 11 heteroatoms. The molecule has 2 aliphatic heterocycles. The van der Waals surface area contributed by atoms with Gasteiger partial charge in [0, 0.05) is 18.2 Å². The number of rotatable bonds is 3. The molecule has 9 nitrogen and oxygen atoms in total. The normalized spacial score (nSPS) is 32.6. The standard InChI is InChI=1S/C13H16N5O4PS/c1-7(2)21-23(24)19-4-9-8(22-23)3-10(20-9)18-6-17-11-12(14)15-5-16-13(11)18/h5-6,8-10H,1,3-4H2,2H3,(H2,14,15,16)/t8?,9-,10-,23?/m1/s1. The van der Waals surface area contributed by atoms with E-state index in [-0.39, 0.29) is 18.4 Å². The number of hydrogen-bond donors (Lipinski definition) is 1. The minimum Gasteiger partial charge on any atom is -0.430 e. The molecular weight excluding hydrogens is 353 g/mol. The quantitative estimate of drug-likeness (QED) is 0.641. The van der Waals surface area contributed by atoms with Crippen LogP contribution in [0.5, 0.6) is 0 Å². The SMILES string of the molecule is C=C(C)OP1(=S)OC[C@H]2O[C@@H](n3cnc4c(N)ncnc43)CC2O1. The van der Waals surface area contributed by atoms with E-state index in [1.54, 1.807) is 13.3 Å². The summed E-state index contributed by atoms with van der Waals surface area (Å²) in [6.45, 7) is 2.90.